The van der Waals surface area contributed by atoms with Crippen LogP contribution in [0.1, 0.15) is 11.1 Å². The molecule has 6 heteroatoms. The molecule has 0 saturated carbocycles. The molecule has 0 aliphatic carbocycles. The fourth-order valence-electron chi connectivity index (χ4n) is 1.78. The van der Waals surface area contributed by atoms with Gasteiger partial charge in [0.25, 0.3) is 0 Å². The Morgan fingerprint density at radius 2 is 1.65 bits per heavy atom. The number of rotatable bonds is 4. The maximum atomic E-state index is 13.1. The van der Waals surface area contributed by atoms with E-state index in [0.29, 0.717) is 26.9 Å². The van der Waals surface area contributed by atoms with Crippen molar-refractivity contribution in [2.45, 2.75) is 13.2 Å². The van der Waals surface area contributed by atoms with E-state index in [9.17, 15) is 8.78 Å². The number of hydrogen-bond acceptors (Lipinski definition) is 2. The lowest BCUT2D eigenvalue weighted by molar-refractivity contribution is 0.302. The van der Waals surface area contributed by atoms with Crippen LogP contribution in [0.15, 0.2) is 30.3 Å². The summed E-state index contributed by atoms with van der Waals surface area (Å²) in [6, 6.07) is 6.33. The third-order valence-electron chi connectivity index (χ3n) is 2.61. The molecule has 20 heavy (non-hydrogen) atoms. The van der Waals surface area contributed by atoms with E-state index in [1.165, 1.54) is 18.2 Å². The van der Waals surface area contributed by atoms with Crippen LogP contribution in [-0.2, 0) is 13.2 Å². The molecule has 0 amide bonds. The summed E-state index contributed by atoms with van der Waals surface area (Å²) in [5, 5.41) is 0.745. The van der Waals surface area contributed by atoms with E-state index in [2.05, 4.69) is 0 Å². The minimum absolute atomic E-state index is 0.0248. The maximum Gasteiger partial charge on any atom is 0.142 e. The minimum Gasteiger partial charge on any atom is -0.487 e. The highest BCUT2D eigenvalue weighted by Crippen LogP contribution is 2.32. The van der Waals surface area contributed by atoms with Crippen LogP contribution in [0.5, 0.6) is 5.75 Å². The minimum atomic E-state index is -0.662. The first kappa shape index (κ1) is 15.0. The fraction of sp³-hybridized carbons (Fsp3) is 0.143. The lowest BCUT2D eigenvalue weighted by atomic mass is 10.2. The van der Waals surface area contributed by atoms with E-state index in [1.807, 2.05) is 0 Å². The van der Waals surface area contributed by atoms with Gasteiger partial charge < -0.3 is 10.5 Å². The summed E-state index contributed by atoms with van der Waals surface area (Å²) in [4.78, 5) is 0. The van der Waals surface area contributed by atoms with Crippen molar-refractivity contribution in [1.29, 1.82) is 0 Å². The van der Waals surface area contributed by atoms with Crippen LogP contribution in [0.25, 0.3) is 0 Å². The van der Waals surface area contributed by atoms with Crippen molar-refractivity contribution in [3.63, 3.8) is 0 Å². The number of benzene rings is 2. The number of halogens is 4. The second kappa shape index (κ2) is 6.39. The van der Waals surface area contributed by atoms with Gasteiger partial charge in [-0.3, -0.25) is 0 Å². The average Bonchev–Trinajstić information content (AvgIpc) is 2.35. The smallest absolute Gasteiger partial charge is 0.142 e. The molecule has 0 bridgehead atoms. The Hall–Kier alpha value is -1.36. The van der Waals surface area contributed by atoms with Crippen molar-refractivity contribution in [2.75, 3.05) is 0 Å². The Kier molecular flexibility index (Phi) is 4.81. The lowest BCUT2D eigenvalue weighted by Crippen LogP contribution is -2.04. The zero-order valence-electron chi connectivity index (χ0n) is 10.3. The van der Waals surface area contributed by atoms with Crippen molar-refractivity contribution >= 4 is 23.2 Å². The monoisotopic (exact) mass is 317 g/mol. The van der Waals surface area contributed by atoms with E-state index >= 15 is 0 Å². The first-order valence-corrected chi connectivity index (χ1v) is 6.51. The molecule has 0 radical (unpaired) electrons. The Bertz CT molecular complexity index is 615. The van der Waals surface area contributed by atoms with E-state index in [4.69, 9.17) is 33.7 Å². The Morgan fingerprint density at radius 3 is 2.25 bits per heavy atom. The number of ether oxygens (including phenoxy) is 1. The quantitative estimate of drug-likeness (QED) is 0.912. The van der Waals surface area contributed by atoms with Crippen molar-refractivity contribution in [2.24, 2.45) is 5.73 Å². The summed E-state index contributed by atoms with van der Waals surface area (Å²) < 4.78 is 31.7. The van der Waals surface area contributed by atoms with Crippen LogP contribution >= 0.6 is 23.2 Å². The molecule has 2 rings (SSSR count). The molecule has 0 heterocycles. The molecule has 2 nitrogen and oxygen atoms in total. The highest BCUT2D eigenvalue weighted by atomic mass is 35.5. The standard InChI is InChI=1S/C14H11Cl2F2NO/c15-10-3-9(6-19)14(13(16)4-10)20-7-8-1-11(17)5-12(18)2-8/h1-5H,6-7,19H2. The summed E-state index contributed by atoms with van der Waals surface area (Å²) in [6.07, 6.45) is 0. The summed E-state index contributed by atoms with van der Waals surface area (Å²) in [7, 11) is 0. The molecule has 0 saturated heterocycles. The highest BCUT2D eigenvalue weighted by Gasteiger charge is 2.10. The first-order chi connectivity index (χ1) is 9.49. The predicted octanol–water partition coefficient (Wildman–Crippen LogP) is 4.31. The number of hydrogen-bond donors (Lipinski definition) is 1. The van der Waals surface area contributed by atoms with Gasteiger partial charge in [0.05, 0.1) is 5.02 Å². The molecule has 2 aromatic carbocycles. The Balaban J connectivity index is 2.22. The van der Waals surface area contributed by atoms with Gasteiger partial charge in [-0.2, -0.15) is 0 Å². The predicted molar refractivity (Wildman–Crippen MR) is 75.0 cm³/mol. The summed E-state index contributed by atoms with van der Waals surface area (Å²) >= 11 is 11.9. The Labute approximate surface area is 125 Å². The van der Waals surface area contributed by atoms with Crippen molar-refractivity contribution in [3.8, 4) is 5.75 Å². The van der Waals surface area contributed by atoms with Gasteiger partial charge in [0.15, 0.2) is 0 Å². The van der Waals surface area contributed by atoms with E-state index in [1.54, 1.807) is 6.07 Å². The van der Waals surface area contributed by atoms with Crippen molar-refractivity contribution in [1.82, 2.24) is 0 Å². The Morgan fingerprint density at radius 1 is 1.00 bits per heavy atom. The molecule has 2 aromatic rings. The largest absolute Gasteiger partial charge is 0.487 e. The van der Waals surface area contributed by atoms with Gasteiger partial charge in [-0.1, -0.05) is 23.2 Å². The van der Waals surface area contributed by atoms with Crippen LogP contribution in [0.3, 0.4) is 0 Å². The second-order valence-electron chi connectivity index (χ2n) is 4.15. The molecule has 0 spiro atoms. The van der Waals surface area contributed by atoms with Gasteiger partial charge in [-0.15, -0.1) is 0 Å². The third kappa shape index (κ3) is 3.60. The second-order valence-corrected chi connectivity index (χ2v) is 4.99. The van der Waals surface area contributed by atoms with E-state index in [-0.39, 0.29) is 13.2 Å². The van der Waals surface area contributed by atoms with E-state index in [0.717, 1.165) is 6.07 Å². The molecule has 0 unspecified atom stereocenters. The molecule has 0 aliphatic rings. The van der Waals surface area contributed by atoms with Gasteiger partial charge in [0.2, 0.25) is 0 Å². The van der Waals surface area contributed by atoms with Gasteiger partial charge in [-0.25, -0.2) is 8.78 Å². The number of nitrogens with two attached hydrogens (primary N) is 1. The normalized spacial score (nSPS) is 10.7. The maximum absolute atomic E-state index is 13.1. The van der Waals surface area contributed by atoms with Crippen molar-refractivity contribution < 1.29 is 13.5 Å². The highest BCUT2D eigenvalue weighted by molar-refractivity contribution is 6.35. The zero-order valence-corrected chi connectivity index (χ0v) is 11.8. The van der Waals surface area contributed by atoms with Gasteiger partial charge in [0.1, 0.15) is 24.0 Å². The molecule has 0 aliphatic heterocycles. The topological polar surface area (TPSA) is 35.2 Å². The van der Waals surface area contributed by atoms with Gasteiger partial charge in [0, 0.05) is 23.2 Å². The lowest BCUT2D eigenvalue weighted by Gasteiger charge is -2.13. The fourth-order valence-corrected chi connectivity index (χ4v) is 2.37. The van der Waals surface area contributed by atoms with Crippen LogP contribution in [-0.4, -0.2) is 0 Å². The summed E-state index contributed by atoms with van der Waals surface area (Å²) in [5.74, 6) is -0.960. The van der Waals surface area contributed by atoms with Crippen LogP contribution < -0.4 is 10.5 Å². The zero-order chi connectivity index (χ0) is 14.7. The van der Waals surface area contributed by atoms with Crippen LogP contribution in [0.2, 0.25) is 10.0 Å². The van der Waals surface area contributed by atoms with Gasteiger partial charge in [-0.05, 0) is 29.8 Å². The molecule has 2 N–H and O–H groups in total. The summed E-state index contributed by atoms with van der Waals surface area (Å²) in [5.41, 5.74) is 6.57. The molecule has 0 atom stereocenters. The van der Waals surface area contributed by atoms with Crippen LogP contribution in [0, 0.1) is 11.6 Å². The van der Waals surface area contributed by atoms with Crippen molar-refractivity contribution in [3.05, 3.63) is 63.1 Å². The third-order valence-corrected chi connectivity index (χ3v) is 3.11. The average molecular weight is 318 g/mol. The molecule has 106 valence electrons. The molecule has 0 fully saturated rings. The van der Waals surface area contributed by atoms with E-state index < -0.39 is 11.6 Å². The SMILES string of the molecule is NCc1cc(Cl)cc(Cl)c1OCc1cc(F)cc(F)c1. The molecular formula is C14H11Cl2F2NO. The van der Waals surface area contributed by atoms with Gasteiger partial charge >= 0.3 is 0 Å². The first-order valence-electron chi connectivity index (χ1n) is 5.75. The summed E-state index contributed by atoms with van der Waals surface area (Å²) in [6.45, 7) is 0.163. The molecular weight excluding hydrogens is 307 g/mol. The van der Waals surface area contributed by atoms with Crippen LogP contribution in [0.4, 0.5) is 8.78 Å². The molecule has 0 aromatic heterocycles.